The summed E-state index contributed by atoms with van der Waals surface area (Å²) in [5.74, 6) is 0.590. The number of pyridine rings is 1. The number of hydrogen-bond donors (Lipinski definition) is 5. The van der Waals surface area contributed by atoms with Crippen molar-refractivity contribution in [3.8, 4) is 28.5 Å². The van der Waals surface area contributed by atoms with E-state index >= 15 is 0 Å². The van der Waals surface area contributed by atoms with E-state index in [0.29, 0.717) is 40.5 Å². The number of carbonyl (C=O) groups excluding carboxylic acids is 1. The Morgan fingerprint density at radius 1 is 1.05 bits per heavy atom. The number of nitrogens with zero attached hydrogens (tertiary/aromatic N) is 3. The van der Waals surface area contributed by atoms with Gasteiger partial charge in [-0.3, -0.25) is 14.9 Å². The molecule has 4 aromatic rings. The molecule has 0 aliphatic rings. The number of hydrogen-bond acceptors (Lipinski definition) is 9. The number of benzene rings is 2. The molecule has 0 fully saturated rings. The number of fused-ring (bicyclic) bond motifs is 1. The van der Waals surface area contributed by atoms with Gasteiger partial charge in [-0.2, -0.15) is 8.42 Å². The monoisotopic (exact) mass is 527 g/mol. The number of aryl methyl sites for hydroxylation is 1. The fourth-order valence-electron chi connectivity index (χ4n) is 3.13. The summed E-state index contributed by atoms with van der Waals surface area (Å²) in [6.45, 7) is 3.88. The molecule has 2 aromatic heterocycles. The van der Waals surface area contributed by atoms with Crippen molar-refractivity contribution in [3.63, 3.8) is 0 Å². The summed E-state index contributed by atoms with van der Waals surface area (Å²) in [4.78, 5) is 24.5. The average Bonchev–Trinajstić information content (AvgIpc) is 2.85. The van der Waals surface area contributed by atoms with Gasteiger partial charge in [-0.25, -0.2) is 14.8 Å². The van der Waals surface area contributed by atoms with E-state index in [1.807, 2.05) is 6.92 Å². The van der Waals surface area contributed by atoms with Crippen LogP contribution in [-0.4, -0.2) is 57.8 Å². The van der Waals surface area contributed by atoms with E-state index in [4.69, 9.17) is 14.4 Å². The topological polar surface area (TPSA) is 184 Å². The predicted octanol–water partition coefficient (Wildman–Crippen LogP) is 3.49. The van der Waals surface area contributed by atoms with Crippen LogP contribution in [0.3, 0.4) is 0 Å². The van der Waals surface area contributed by atoms with Gasteiger partial charge in [0, 0.05) is 18.2 Å². The second-order valence-corrected chi connectivity index (χ2v) is 8.98. The van der Waals surface area contributed by atoms with Crippen LogP contribution in [-0.2, 0) is 10.1 Å². The number of phenols is 2. The average molecular weight is 528 g/mol. The maximum Gasteiger partial charge on any atom is 0.320 e. The number of anilines is 1. The lowest BCUT2D eigenvalue weighted by molar-refractivity contribution is 0.252. The third kappa shape index (κ3) is 7.02. The molecular weight excluding hydrogens is 502 g/mol. The number of aromatic nitrogens is 3. The highest BCUT2D eigenvalue weighted by Crippen LogP contribution is 2.30. The number of phenolic OH excluding ortho intramolecular Hbond substituents is 2. The zero-order valence-electron chi connectivity index (χ0n) is 20.1. The van der Waals surface area contributed by atoms with E-state index < -0.39 is 10.1 Å². The first-order valence-corrected chi connectivity index (χ1v) is 12.3. The third-order valence-electron chi connectivity index (χ3n) is 4.91. The second-order valence-electron chi connectivity index (χ2n) is 7.59. The Labute approximate surface area is 212 Å². The summed E-state index contributed by atoms with van der Waals surface area (Å²) < 4.78 is 35.1. The van der Waals surface area contributed by atoms with Crippen molar-refractivity contribution in [1.82, 2.24) is 20.3 Å². The molecule has 0 radical (unpaired) electrons. The fourth-order valence-corrected chi connectivity index (χ4v) is 3.88. The zero-order chi connectivity index (χ0) is 27.2. The Bertz CT molecular complexity index is 1540. The van der Waals surface area contributed by atoms with Crippen LogP contribution in [0.15, 0.2) is 59.6 Å². The van der Waals surface area contributed by atoms with E-state index in [0.717, 1.165) is 11.6 Å². The van der Waals surface area contributed by atoms with E-state index in [9.17, 15) is 18.3 Å². The van der Waals surface area contributed by atoms with Crippen LogP contribution >= 0.6 is 0 Å². The number of amides is 2. The smallest absolute Gasteiger partial charge is 0.320 e. The number of rotatable bonds is 5. The molecule has 0 unspecified atom stereocenters. The molecule has 5 N–H and O–H groups in total. The summed E-state index contributed by atoms with van der Waals surface area (Å²) in [5, 5.41) is 23.9. The largest absolute Gasteiger partial charge is 0.508 e. The summed E-state index contributed by atoms with van der Waals surface area (Å²) in [6.07, 6.45) is 1.62. The minimum Gasteiger partial charge on any atom is -0.508 e. The van der Waals surface area contributed by atoms with Crippen molar-refractivity contribution in [2.75, 3.05) is 19.0 Å². The molecule has 0 bridgehead atoms. The van der Waals surface area contributed by atoms with Crippen molar-refractivity contribution < 1.29 is 32.7 Å². The first kappa shape index (κ1) is 27.1. The SMILES string of the molecule is CCNC(=O)Nc1ccc2ncc(-c3ccc(O)c(OC)c3)nc2n1.Cc1ccc(O)cc1S(=O)(=O)O. The lowest BCUT2D eigenvalue weighted by atomic mass is 10.1. The van der Waals surface area contributed by atoms with Crippen LogP contribution in [0.25, 0.3) is 22.4 Å². The molecule has 0 saturated carbocycles. The maximum absolute atomic E-state index is 11.6. The highest BCUT2D eigenvalue weighted by molar-refractivity contribution is 7.85. The van der Waals surface area contributed by atoms with Gasteiger partial charge >= 0.3 is 6.03 Å². The molecule has 0 aliphatic heterocycles. The minimum absolute atomic E-state index is 0.0477. The third-order valence-corrected chi connectivity index (χ3v) is 5.91. The van der Waals surface area contributed by atoms with Gasteiger partial charge in [-0.1, -0.05) is 6.07 Å². The molecule has 0 aliphatic carbocycles. The molecule has 12 nitrogen and oxygen atoms in total. The molecule has 2 aromatic carbocycles. The number of ether oxygens (including phenoxy) is 1. The zero-order valence-corrected chi connectivity index (χ0v) is 20.9. The standard InChI is InChI=1S/C17H17N5O3.C7H8O4S/c1-3-18-17(24)22-15-7-5-11-16(21-15)20-12(9-19-11)10-4-6-13(23)14(8-10)25-2;1-5-2-3-6(8)4-7(5)12(9,10)11/h4-9,23H,3H2,1-2H3,(H2,18,20,21,22,24);2-4,8H,1H3,(H,9,10,11). The fraction of sp³-hybridized carbons (Fsp3) is 0.167. The minimum atomic E-state index is -4.22. The van der Waals surface area contributed by atoms with Crippen LogP contribution in [0.2, 0.25) is 0 Å². The molecular formula is C24H25N5O7S. The number of aromatic hydroxyl groups is 2. The summed E-state index contributed by atoms with van der Waals surface area (Å²) >= 11 is 0. The van der Waals surface area contributed by atoms with Crippen molar-refractivity contribution in [1.29, 1.82) is 0 Å². The first-order chi connectivity index (χ1) is 17.5. The van der Waals surface area contributed by atoms with Gasteiger partial charge in [0.15, 0.2) is 17.1 Å². The van der Waals surface area contributed by atoms with Gasteiger partial charge in [0.05, 0.1) is 19.0 Å². The number of nitrogens with one attached hydrogen (secondary N) is 2. The van der Waals surface area contributed by atoms with Gasteiger partial charge in [0.25, 0.3) is 10.1 Å². The van der Waals surface area contributed by atoms with Gasteiger partial charge in [0.2, 0.25) is 0 Å². The number of urea groups is 1. The summed E-state index contributed by atoms with van der Waals surface area (Å²) in [6, 6.07) is 11.7. The van der Waals surface area contributed by atoms with Crippen molar-refractivity contribution in [3.05, 3.63) is 60.3 Å². The Balaban J connectivity index is 0.000000266. The highest BCUT2D eigenvalue weighted by atomic mass is 32.2. The van der Waals surface area contributed by atoms with Crippen LogP contribution in [0, 0.1) is 6.92 Å². The normalized spacial score (nSPS) is 10.8. The first-order valence-electron chi connectivity index (χ1n) is 10.8. The van der Waals surface area contributed by atoms with Gasteiger partial charge in [-0.15, -0.1) is 0 Å². The van der Waals surface area contributed by atoms with Crippen LogP contribution in [0.1, 0.15) is 12.5 Å². The van der Waals surface area contributed by atoms with Gasteiger partial charge in [-0.05, 0) is 55.8 Å². The van der Waals surface area contributed by atoms with Crippen LogP contribution in [0.5, 0.6) is 17.2 Å². The van der Waals surface area contributed by atoms with Crippen molar-refractivity contribution in [2.24, 2.45) is 0 Å². The maximum atomic E-state index is 11.6. The molecule has 2 heterocycles. The van der Waals surface area contributed by atoms with Crippen molar-refractivity contribution >= 4 is 33.1 Å². The molecule has 13 heteroatoms. The quantitative estimate of drug-likeness (QED) is 0.241. The molecule has 0 spiro atoms. The molecule has 0 saturated heterocycles. The Kier molecular flexibility index (Phi) is 8.42. The van der Waals surface area contributed by atoms with Gasteiger partial charge < -0.3 is 20.3 Å². The Hall–Kier alpha value is -4.49. The van der Waals surface area contributed by atoms with E-state index in [2.05, 4.69) is 25.6 Å². The lowest BCUT2D eigenvalue weighted by Crippen LogP contribution is -2.28. The second kappa shape index (κ2) is 11.5. The summed E-state index contributed by atoms with van der Waals surface area (Å²) in [7, 11) is -2.74. The molecule has 37 heavy (non-hydrogen) atoms. The van der Waals surface area contributed by atoms with Crippen molar-refractivity contribution in [2.45, 2.75) is 18.7 Å². The van der Waals surface area contributed by atoms with Crippen LogP contribution < -0.4 is 15.4 Å². The molecule has 2 amide bonds. The van der Waals surface area contributed by atoms with Crippen LogP contribution in [0.4, 0.5) is 10.6 Å². The lowest BCUT2D eigenvalue weighted by Gasteiger charge is -2.08. The number of methoxy groups -OCH3 is 1. The predicted molar refractivity (Wildman–Crippen MR) is 136 cm³/mol. The highest BCUT2D eigenvalue weighted by Gasteiger charge is 2.13. The van der Waals surface area contributed by atoms with E-state index in [1.54, 1.807) is 30.5 Å². The Morgan fingerprint density at radius 2 is 1.81 bits per heavy atom. The van der Waals surface area contributed by atoms with E-state index in [-0.39, 0.29) is 22.4 Å². The molecule has 0 atom stereocenters. The molecule has 4 rings (SSSR count). The van der Waals surface area contributed by atoms with E-state index in [1.165, 1.54) is 32.2 Å². The number of carbonyl (C=O) groups is 1. The molecule has 194 valence electrons. The summed E-state index contributed by atoms with van der Waals surface area (Å²) in [5.41, 5.74) is 2.71. The van der Waals surface area contributed by atoms with Gasteiger partial charge in [0.1, 0.15) is 22.0 Å². The Morgan fingerprint density at radius 3 is 2.46 bits per heavy atom.